The SMILES string of the molecule is Cc1ccc(S(=O)(=O)[C@H](NC(=O)c2ccco2)C(=O)N2CCN(C(=O)c3ccccc3C)CC2)cc1. The molecule has 36 heavy (non-hydrogen) atoms. The lowest BCUT2D eigenvalue weighted by Gasteiger charge is -2.36. The second-order valence-electron chi connectivity index (χ2n) is 8.62. The van der Waals surface area contributed by atoms with Crippen molar-refractivity contribution in [3.05, 3.63) is 89.4 Å². The van der Waals surface area contributed by atoms with Crippen LogP contribution in [0, 0.1) is 13.8 Å². The highest BCUT2D eigenvalue weighted by Crippen LogP contribution is 2.20. The Morgan fingerprint density at radius 2 is 1.50 bits per heavy atom. The fourth-order valence-corrected chi connectivity index (χ4v) is 5.48. The second-order valence-corrected chi connectivity index (χ2v) is 10.7. The van der Waals surface area contributed by atoms with Gasteiger partial charge in [0.05, 0.1) is 11.2 Å². The molecule has 188 valence electrons. The van der Waals surface area contributed by atoms with E-state index in [1.165, 1.54) is 35.4 Å². The summed E-state index contributed by atoms with van der Waals surface area (Å²) in [5.41, 5.74) is 2.29. The third-order valence-electron chi connectivity index (χ3n) is 6.15. The molecule has 0 bridgehead atoms. The van der Waals surface area contributed by atoms with Gasteiger partial charge in [-0.15, -0.1) is 0 Å². The van der Waals surface area contributed by atoms with Crippen LogP contribution in [-0.4, -0.2) is 67.5 Å². The van der Waals surface area contributed by atoms with Crippen molar-refractivity contribution in [3.8, 4) is 0 Å². The Bertz CT molecular complexity index is 1360. The lowest BCUT2D eigenvalue weighted by Crippen LogP contribution is -2.57. The van der Waals surface area contributed by atoms with E-state index in [9.17, 15) is 22.8 Å². The Balaban J connectivity index is 1.54. The summed E-state index contributed by atoms with van der Waals surface area (Å²) in [7, 11) is -4.28. The van der Waals surface area contributed by atoms with Gasteiger partial charge in [0.2, 0.25) is 15.2 Å². The topological polar surface area (TPSA) is 117 Å². The minimum absolute atomic E-state index is 0.0837. The number of amides is 3. The number of nitrogens with zero attached hydrogens (tertiary/aromatic N) is 2. The van der Waals surface area contributed by atoms with Crippen molar-refractivity contribution < 1.29 is 27.2 Å². The Morgan fingerprint density at radius 1 is 0.861 bits per heavy atom. The van der Waals surface area contributed by atoms with E-state index in [2.05, 4.69) is 5.32 Å². The van der Waals surface area contributed by atoms with Crippen LogP contribution in [0.4, 0.5) is 0 Å². The molecule has 1 fully saturated rings. The number of hydrogen-bond donors (Lipinski definition) is 1. The predicted octanol–water partition coefficient (Wildman–Crippen LogP) is 2.41. The number of carbonyl (C=O) groups excluding carboxylic acids is 3. The maximum atomic E-state index is 13.5. The summed E-state index contributed by atoms with van der Waals surface area (Å²) in [5, 5.41) is 0.494. The van der Waals surface area contributed by atoms with Crippen molar-refractivity contribution in [1.82, 2.24) is 15.1 Å². The van der Waals surface area contributed by atoms with Gasteiger partial charge in [-0.1, -0.05) is 35.9 Å². The van der Waals surface area contributed by atoms with Gasteiger partial charge in [-0.3, -0.25) is 14.4 Å². The lowest BCUT2D eigenvalue weighted by atomic mass is 10.1. The van der Waals surface area contributed by atoms with Gasteiger partial charge in [0.15, 0.2) is 5.76 Å². The maximum absolute atomic E-state index is 13.5. The first kappa shape index (κ1) is 25.2. The predicted molar refractivity (Wildman–Crippen MR) is 132 cm³/mol. The van der Waals surface area contributed by atoms with E-state index in [-0.39, 0.29) is 42.7 Å². The standard InChI is InChI=1S/C26H27N3O6S/c1-18-9-11-20(12-10-18)36(33,34)24(27-23(30)22-8-5-17-35-22)26(32)29-15-13-28(14-16-29)25(31)21-7-4-3-6-19(21)2/h3-12,17,24H,13-16H2,1-2H3,(H,27,30)/t24-/m0/s1. The Labute approximate surface area is 209 Å². The molecule has 1 aliphatic heterocycles. The van der Waals surface area contributed by atoms with Gasteiger partial charge in [0, 0.05) is 31.7 Å². The van der Waals surface area contributed by atoms with Crippen LogP contribution in [0.3, 0.4) is 0 Å². The molecule has 0 unspecified atom stereocenters. The molecule has 0 spiro atoms. The minimum Gasteiger partial charge on any atom is -0.459 e. The summed E-state index contributed by atoms with van der Waals surface area (Å²) >= 11 is 0. The van der Waals surface area contributed by atoms with Gasteiger partial charge < -0.3 is 19.5 Å². The summed E-state index contributed by atoms with van der Waals surface area (Å²) in [4.78, 5) is 42.0. The monoisotopic (exact) mass is 509 g/mol. The Morgan fingerprint density at radius 3 is 2.11 bits per heavy atom. The van der Waals surface area contributed by atoms with Crippen molar-refractivity contribution in [3.63, 3.8) is 0 Å². The first-order valence-electron chi connectivity index (χ1n) is 11.5. The van der Waals surface area contributed by atoms with Crippen molar-refractivity contribution in [2.24, 2.45) is 0 Å². The molecule has 2 heterocycles. The van der Waals surface area contributed by atoms with E-state index < -0.39 is 27.0 Å². The molecule has 1 atom stereocenters. The maximum Gasteiger partial charge on any atom is 0.288 e. The van der Waals surface area contributed by atoms with Crippen LogP contribution in [0.2, 0.25) is 0 Å². The molecule has 1 saturated heterocycles. The summed E-state index contributed by atoms with van der Waals surface area (Å²) in [5.74, 6) is -1.84. The normalized spacial score (nSPS) is 14.8. The van der Waals surface area contributed by atoms with Crippen molar-refractivity contribution in [2.75, 3.05) is 26.2 Å². The molecule has 3 aromatic rings. The molecule has 2 aromatic carbocycles. The van der Waals surface area contributed by atoms with Crippen LogP contribution < -0.4 is 5.32 Å². The summed E-state index contributed by atoms with van der Waals surface area (Å²) in [6.07, 6.45) is 1.28. The van der Waals surface area contributed by atoms with Gasteiger partial charge in [0.25, 0.3) is 17.7 Å². The van der Waals surface area contributed by atoms with Crippen molar-refractivity contribution in [2.45, 2.75) is 24.1 Å². The molecule has 3 amide bonds. The molecular weight excluding hydrogens is 482 g/mol. The van der Waals surface area contributed by atoms with E-state index in [0.29, 0.717) is 5.56 Å². The van der Waals surface area contributed by atoms with E-state index in [1.54, 1.807) is 29.2 Å². The first-order valence-corrected chi connectivity index (χ1v) is 13.0. The molecule has 1 N–H and O–H groups in total. The molecule has 0 aliphatic carbocycles. The zero-order chi connectivity index (χ0) is 25.9. The molecule has 0 saturated carbocycles. The summed E-state index contributed by atoms with van der Waals surface area (Å²) in [6, 6.07) is 16.2. The van der Waals surface area contributed by atoms with Gasteiger partial charge in [-0.05, 0) is 49.7 Å². The van der Waals surface area contributed by atoms with Crippen molar-refractivity contribution in [1.29, 1.82) is 0 Å². The molecule has 0 radical (unpaired) electrons. The van der Waals surface area contributed by atoms with Gasteiger partial charge >= 0.3 is 0 Å². The number of furan rings is 1. The molecule has 1 aliphatic rings. The smallest absolute Gasteiger partial charge is 0.288 e. The number of rotatable bonds is 6. The van der Waals surface area contributed by atoms with Crippen LogP contribution in [0.15, 0.2) is 76.2 Å². The van der Waals surface area contributed by atoms with Crippen LogP contribution >= 0.6 is 0 Å². The highest BCUT2D eigenvalue weighted by atomic mass is 32.2. The van der Waals surface area contributed by atoms with E-state index >= 15 is 0 Å². The number of nitrogens with one attached hydrogen (secondary N) is 1. The van der Waals surface area contributed by atoms with E-state index in [1.807, 2.05) is 26.0 Å². The summed E-state index contributed by atoms with van der Waals surface area (Å²) < 4.78 is 32.0. The minimum atomic E-state index is -4.28. The fraction of sp³-hybridized carbons (Fsp3) is 0.269. The molecular formula is C26H27N3O6S. The molecule has 4 rings (SSSR count). The third-order valence-corrected chi connectivity index (χ3v) is 8.01. The van der Waals surface area contributed by atoms with Crippen LogP contribution in [0.25, 0.3) is 0 Å². The zero-order valence-electron chi connectivity index (χ0n) is 20.0. The van der Waals surface area contributed by atoms with E-state index in [4.69, 9.17) is 4.42 Å². The molecule has 10 heteroatoms. The average molecular weight is 510 g/mol. The molecule has 9 nitrogen and oxygen atoms in total. The van der Waals surface area contributed by atoms with Gasteiger partial charge in [0.1, 0.15) is 0 Å². The number of carbonyl (C=O) groups is 3. The second kappa shape index (κ2) is 10.4. The largest absolute Gasteiger partial charge is 0.459 e. The highest BCUT2D eigenvalue weighted by molar-refractivity contribution is 7.92. The highest BCUT2D eigenvalue weighted by Gasteiger charge is 2.40. The number of hydrogen-bond acceptors (Lipinski definition) is 6. The van der Waals surface area contributed by atoms with E-state index in [0.717, 1.165) is 11.1 Å². The Kier molecular flexibility index (Phi) is 7.25. The first-order chi connectivity index (χ1) is 17.2. The van der Waals surface area contributed by atoms with Crippen molar-refractivity contribution >= 4 is 27.6 Å². The summed E-state index contributed by atoms with van der Waals surface area (Å²) in [6.45, 7) is 4.41. The van der Waals surface area contributed by atoms with Gasteiger partial charge in [-0.25, -0.2) is 8.42 Å². The van der Waals surface area contributed by atoms with Crippen LogP contribution in [0.5, 0.6) is 0 Å². The quantitative estimate of drug-likeness (QED) is 0.546. The lowest BCUT2D eigenvalue weighted by molar-refractivity contribution is -0.132. The number of benzene rings is 2. The third kappa shape index (κ3) is 5.18. The van der Waals surface area contributed by atoms with Crippen LogP contribution in [0.1, 0.15) is 32.0 Å². The fourth-order valence-electron chi connectivity index (χ4n) is 4.01. The molecule has 1 aromatic heterocycles. The van der Waals surface area contributed by atoms with Gasteiger partial charge in [-0.2, -0.15) is 0 Å². The number of sulfone groups is 1. The Hall–Kier alpha value is -3.92. The average Bonchev–Trinajstić information content (AvgIpc) is 3.42. The zero-order valence-corrected chi connectivity index (χ0v) is 20.8. The number of piperazine rings is 1. The van der Waals surface area contributed by atoms with Crippen LogP contribution in [-0.2, 0) is 14.6 Å². The number of aryl methyl sites for hydroxylation is 2.